The van der Waals surface area contributed by atoms with E-state index in [1.807, 2.05) is 49.4 Å². The summed E-state index contributed by atoms with van der Waals surface area (Å²) in [4.78, 5) is 11.7. The Morgan fingerprint density at radius 2 is 1.76 bits per heavy atom. The Bertz CT molecular complexity index is 608. The van der Waals surface area contributed by atoms with E-state index in [0.29, 0.717) is 12.2 Å². The van der Waals surface area contributed by atoms with Crippen LogP contribution in [-0.2, 0) is 0 Å². The second kappa shape index (κ2) is 7.55. The van der Waals surface area contributed by atoms with Crippen molar-refractivity contribution in [2.45, 2.75) is 19.8 Å². The van der Waals surface area contributed by atoms with Crippen LogP contribution >= 0.6 is 12.2 Å². The lowest BCUT2D eigenvalue weighted by atomic mass is 10.1. The molecule has 0 aromatic heterocycles. The summed E-state index contributed by atoms with van der Waals surface area (Å²) in [6.45, 7) is 1.99. The number of para-hydroxylation sites is 1. The van der Waals surface area contributed by atoms with E-state index in [0.717, 1.165) is 17.7 Å². The molecule has 2 rings (SSSR count). The zero-order valence-electron chi connectivity index (χ0n) is 11.8. The van der Waals surface area contributed by atoms with E-state index >= 15 is 0 Å². The number of Topliss-reactive ketones (excluding diaryl/α,β-unsaturated/α-hetero) is 1. The Balaban J connectivity index is 1.94. The lowest BCUT2D eigenvalue weighted by Crippen LogP contribution is -2.16. The number of benzene rings is 2. The van der Waals surface area contributed by atoms with Gasteiger partial charge in [-0.15, -0.1) is 0 Å². The van der Waals surface area contributed by atoms with Crippen LogP contribution in [0.15, 0.2) is 54.6 Å². The van der Waals surface area contributed by atoms with E-state index in [2.05, 4.69) is 5.32 Å². The normalized spacial score (nSPS) is 9.95. The fourth-order valence-electron chi connectivity index (χ4n) is 1.85. The van der Waals surface area contributed by atoms with Gasteiger partial charge in [0.25, 0.3) is 5.17 Å². The van der Waals surface area contributed by atoms with Gasteiger partial charge >= 0.3 is 0 Å². The number of ether oxygens (including phenoxy) is 1. The van der Waals surface area contributed by atoms with Crippen LogP contribution in [0, 0.1) is 0 Å². The monoisotopic (exact) mass is 299 g/mol. The second-order valence-electron chi connectivity index (χ2n) is 4.58. The summed E-state index contributed by atoms with van der Waals surface area (Å²) in [5, 5.41) is 3.26. The summed E-state index contributed by atoms with van der Waals surface area (Å²) in [5.41, 5.74) is 1.52. The smallest absolute Gasteiger partial charge is 0.266 e. The van der Waals surface area contributed by atoms with Crippen molar-refractivity contribution in [1.82, 2.24) is 0 Å². The van der Waals surface area contributed by atoms with Gasteiger partial charge in [0, 0.05) is 17.7 Å². The average molecular weight is 299 g/mol. The quantitative estimate of drug-likeness (QED) is 0.654. The SMILES string of the molecule is CCCC(=O)c1ccc(NC(=S)Oc2ccccc2)cc1. The second-order valence-corrected chi connectivity index (χ2v) is 4.95. The maximum Gasteiger partial charge on any atom is 0.266 e. The summed E-state index contributed by atoms with van der Waals surface area (Å²) >= 11 is 5.14. The number of hydrogen-bond donors (Lipinski definition) is 1. The molecule has 0 saturated carbocycles. The van der Waals surface area contributed by atoms with Gasteiger partial charge in [-0.25, -0.2) is 0 Å². The number of nitrogens with one attached hydrogen (secondary N) is 1. The minimum Gasteiger partial charge on any atom is -0.432 e. The van der Waals surface area contributed by atoms with E-state index in [1.54, 1.807) is 12.1 Å². The lowest BCUT2D eigenvalue weighted by Gasteiger charge is -2.09. The fraction of sp³-hybridized carbons (Fsp3) is 0.176. The molecule has 0 aliphatic carbocycles. The van der Waals surface area contributed by atoms with Crippen molar-refractivity contribution in [2.75, 3.05) is 5.32 Å². The van der Waals surface area contributed by atoms with Gasteiger partial charge in [-0.05, 0) is 55.0 Å². The Hall–Kier alpha value is -2.20. The number of hydrogen-bond acceptors (Lipinski definition) is 3. The van der Waals surface area contributed by atoms with Crippen molar-refractivity contribution < 1.29 is 9.53 Å². The molecular formula is C17H17NO2S. The maximum atomic E-state index is 11.7. The van der Waals surface area contributed by atoms with Crippen molar-refractivity contribution in [2.24, 2.45) is 0 Å². The minimum atomic E-state index is 0.159. The van der Waals surface area contributed by atoms with Crippen LogP contribution < -0.4 is 10.1 Å². The van der Waals surface area contributed by atoms with Crippen LogP contribution in [0.4, 0.5) is 5.69 Å². The Labute approximate surface area is 129 Å². The highest BCUT2D eigenvalue weighted by molar-refractivity contribution is 7.80. The van der Waals surface area contributed by atoms with Crippen molar-refractivity contribution in [3.8, 4) is 5.75 Å². The Kier molecular flexibility index (Phi) is 5.46. The number of anilines is 1. The number of carbonyl (C=O) groups is 1. The van der Waals surface area contributed by atoms with E-state index in [-0.39, 0.29) is 11.0 Å². The molecule has 0 aliphatic rings. The zero-order chi connectivity index (χ0) is 15.1. The first-order valence-electron chi connectivity index (χ1n) is 6.86. The van der Waals surface area contributed by atoms with Crippen molar-refractivity contribution in [3.63, 3.8) is 0 Å². The van der Waals surface area contributed by atoms with Gasteiger partial charge in [-0.1, -0.05) is 25.1 Å². The zero-order valence-corrected chi connectivity index (χ0v) is 12.7. The van der Waals surface area contributed by atoms with Crippen molar-refractivity contribution in [1.29, 1.82) is 0 Å². The molecule has 0 aliphatic heterocycles. The third-order valence-electron chi connectivity index (χ3n) is 2.88. The Morgan fingerprint density at radius 3 is 2.38 bits per heavy atom. The lowest BCUT2D eigenvalue weighted by molar-refractivity contribution is 0.0982. The summed E-state index contributed by atoms with van der Waals surface area (Å²) < 4.78 is 5.49. The van der Waals surface area contributed by atoms with E-state index in [4.69, 9.17) is 17.0 Å². The van der Waals surface area contributed by atoms with Gasteiger partial charge in [-0.2, -0.15) is 0 Å². The van der Waals surface area contributed by atoms with E-state index < -0.39 is 0 Å². The molecule has 2 aromatic carbocycles. The van der Waals surface area contributed by atoms with Gasteiger partial charge in [0.15, 0.2) is 5.78 Å². The molecule has 0 atom stereocenters. The fourth-order valence-corrected chi connectivity index (χ4v) is 2.06. The summed E-state index contributed by atoms with van der Waals surface area (Å²) in [6, 6.07) is 16.6. The van der Waals surface area contributed by atoms with Crippen LogP contribution in [0.1, 0.15) is 30.1 Å². The topological polar surface area (TPSA) is 38.3 Å². The predicted molar refractivity (Wildman–Crippen MR) is 89.0 cm³/mol. The first-order chi connectivity index (χ1) is 10.2. The predicted octanol–water partition coefficient (Wildman–Crippen LogP) is 4.45. The van der Waals surface area contributed by atoms with Crippen LogP contribution in [-0.4, -0.2) is 11.0 Å². The van der Waals surface area contributed by atoms with Gasteiger partial charge in [-0.3, -0.25) is 4.79 Å². The number of thiocarbonyl (C=S) groups is 1. The molecule has 0 bridgehead atoms. The van der Waals surface area contributed by atoms with E-state index in [1.165, 1.54) is 0 Å². The molecule has 0 amide bonds. The first-order valence-corrected chi connectivity index (χ1v) is 7.27. The molecule has 0 spiro atoms. The van der Waals surface area contributed by atoms with Gasteiger partial charge in [0.05, 0.1) is 0 Å². The van der Waals surface area contributed by atoms with Crippen LogP contribution in [0.25, 0.3) is 0 Å². The van der Waals surface area contributed by atoms with Gasteiger partial charge in [0.2, 0.25) is 0 Å². The van der Waals surface area contributed by atoms with Gasteiger partial charge in [0.1, 0.15) is 5.75 Å². The van der Waals surface area contributed by atoms with Gasteiger partial charge < -0.3 is 10.1 Å². The van der Waals surface area contributed by atoms with Crippen LogP contribution in [0.2, 0.25) is 0 Å². The third kappa shape index (κ3) is 4.68. The average Bonchev–Trinajstić information content (AvgIpc) is 2.49. The highest BCUT2D eigenvalue weighted by Crippen LogP contribution is 2.14. The molecule has 0 unspecified atom stereocenters. The minimum absolute atomic E-state index is 0.159. The molecule has 0 saturated heterocycles. The molecule has 2 aromatic rings. The third-order valence-corrected chi connectivity index (χ3v) is 3.07. The van der Waals surface area contributed by atoms with Crippen LogP contribution in [0.5, 0.6) is 5.75 Å². The highest BCUT2D eigenvalue weighted by atomic mass is 32.1. The molecular weight excluding hydrogens is 282 g/mol. The van der Waals surface area contributed by atoms with Crippen LogP contribution in [0.3, 0.4) is 0 Å². The van der Waals surface area contributed by atoms with Crippen molar-refractivity contribution >= 4 is 28.9 Å². The molecule has 21 heavy (non-hydrogen) atoms. The first kappa shape index (κ1) is 15.2. The summed E-state index contributed by atoms with van der Waals surface area (Å²) in [6.07, 6.45) is 1.43. The molecule has 0 heterocycles. The molecule has 4 heteroatoms. The maximum absolute atomic E-state index is 11.7. The van der Waals surface area contributed by atoms with E-state index in [9.17, 15) is 4.79 Å². The summed E-state index contributed by atoms with van der Waals surface area (Å²) in [7, 11) is 0. The molecule has 3 nitrogen and oxygen atoms in total. The summed E-state index contributed by atoms with van der Waals surface area (Å²) in [5.74, 6) is 0.844. The largest absolute Gasteiger partial charge is 0.432 e. The molecule has 108 valence electrons. The number of carbonyl (C=O) groups excluding carboxylic acids is 1. The molecule has 0 radical (unpaired) electrons. The number of ketones is 1. The highest BCUT2D eigenvalue weighted by Gasteiger charge is 2.05. The number of rotatable bonds is 5. The van der Waals surface area contributed by atoms with Crippen molar-refractivity contribution in [3.05, 3.63) is 60.2 Å². The molecule has 1 N–H and O–H groups in total. The Morgan fingerprint density at radius 1 is 1.10 bits per heavy atom. The standard InChI is InChI=1S/C17H17NO2S/c1-2-6-16(19)13-9-11-14(12-10-13)18-17(21)20-15-7-4-3-5-8-15/h3-5,7-12H,2,6H2,1H3,(H,18,21). The molecule has 0 fully saturated rings.